The number of hydrogen-bond acceptors (Lipinski definition) is 4. The number of nitrogens with one attached hydrogen (secondary N) is 1. The van der Waals surface area contributed by atoms with E-state index < -0.39 is 18.6 Å². The summed E-state index contributed by atoms with van der Waals surface area (Å²) in [5.41, 5.74) is 1.63. The fourth-order valence-electron chi connectivity index (χ4n) is 2.39. The van der Waals surface area contributed by atoms with E-state index in [1.165, 1.54) is 0 Å². The van der Waals surface area contributed by atoms with Crippen LogP contribution >= 0.6 is 0 Å². The summed E-state index contributed by atoms with van der Waals surface area (Å²) >= 11 is 0. The normalized spacial score (nSPS) is 12.3. The maximum Gasteiger partial charge on any atom is 0.272 e. The van der Waals surface area contributed by atoms with Crippen LogP contribution in [0.4, 0.5) is 8.78 Å². The van der Waals surface area contributed by atoms with Crippen molar-refractivity contribution < 1.29 is 18.6 Å². The Labute approximate surface area is 151 Å². The van der Waals surface area contributed by atoms with Gasteiger partial charge in [0.2, 0.25) is 0 Å². The van der Waals surface area contributed by atoms with Crippen LogP contribution in [0.25, 0.3) is 5.57 Å². The van der Waals surface area contributed by atoms with E-state index in [4.69, 9.17) is 10.1 Å². The van der Waals surface area contributed by atoms with Gasteiger partial charge in [0.1, 0.15) is 12.4 Å². The average molecular weight is 360 g/mol. The predicted octanol–water partition coefficient (Wildman–Crippen LogP) is 4.42. The smallest absolute Gasteiger partial charge is 0.272 e. The zero-order valence-electron chi connectivity index (χ0n) is 15.0. The number of halogens is 2. The number of rotatable bonds is 7. The first kappa shape index (κ1) is 19.7. The summed E-state index contributed by atoms with van der Waals surface area (Å²) < 4.78 is 30.3. The van der Waals surface area contributed by atoms with Gasteiger partial charge in [0.15, 0.2) is 0 Å². The van der Waals surface area contributed by atoms with E-state index in [9.17, 15) is 13.9 Å². The molecule has 0 atom stereocenters. The van der Waals surface area contributed by atoms with Crippen molar-refractivity contribution >= 4 is 11.3 Å². The van der Waals surface area contributed by atoms with Crippen molar-refractivity contribution in [2.45, 2.75) is 32.8 Å². The van der Waals surface area contributed by atoms with E-state index in [1.807, 2.05) is 0 Å². The SMILES string of the molecule is CC(=N)/C=C(/c1ccc(C(C)(C)O)cn1)c1ccccc1OCC(F)F. The van der Waals surface area contributed by atoms with Crippen molar-refractivity contribution in [1.29, 1.82) is 5.41 Å². The minimum Gasteiger partial charge on any atom is -0.487 e. The van der Waals surface area contributed by atoms with Crippen LogP contribution in [0, 0.1) is 5.41 Å². The lowest BCUT2D eigenvalue weighted by atomic mass is 9.96. The summed E-state index contributed by atoms with van der Waals surface area (Å²) in [6.45, 7) is 4.23. The summed E-state index contributed by atoms with van der Waals surface area (Å²) in [7, 11) is 0. The van der Waals surface area contributed by atoms with Crippen molar-refractivity contribution in [3.05, 3.63) is 65.5 Å². The molecule has 0 saturated carbocycles. The molecule has 2 aromatic rings. The van der Waals surface area contributed by atoms with Gasteiger partial charge in [0.05, 0.1) is 11.3 Å². The second-order valence-corrected chi connectivity index (χ2v) is 6.43. The van der Waals surface area contributed by atoms with Crippen molar-refractivity contribution in [3.8, 4) is 5.75 Å². The third-order valence-electron chi connectivity index (χ3n) is 3.65. The van der Waals surface area contributed by atoms with Gasteiger partial charge in [-0.15, -0.1) is 0 Å². The van der Waals surface area contributed by atoms with E-state index in [-0.39, 0.29) is 5.71 Å². The van der Waals surface area contributed by atoms with Crippen LogP contribution in [0.1, 0.15) is 37.6 Å². The van der Waals surface area contributed by atoms with Gasteiger partial charge in [0.25, 0.3) is 6.43 Å². The Morgan fingerprint density at radius 2 is 1.96 bits per heavy atom. The second kappa shape index (κ2) is 8.19. The van der Waals surface area contributed by atoms with Crippen LogP contribution in [0.5, 0.6) is 5.75 Å². The Morgan fingerprint density at radius 3 is 2.50 bits per heavy atom. The highest BCUT2D eigenvalue weighted by molar-refractivity contribution is 6.00. The second-order valence-electron chi connectivity index (χ2n) is 6.43. The number of aromatic nitrogens is 1. The van der Waals surface area contributed by atoms with Crippen molar-refractivity contribution in [2.24, 2.45) is 0 Å². The predicted molar refractivity (Wildman–Crippen MR) is 97.9 cm³/mol. The van der Waals surface area contributed by atoms with Crippen molar-refractivity contribution in [2.75, 3.05) is 6.61 Å². The third-order valence-corrected chi connectivity index (χ3v) is 3.65. The molecule has 0 saturated heterocycles. The molecule has 0 amide bonds. The first-order valence-corrected chi connectivity index (χ1v) is 8.15. The Kier molecular flexibility index (Phi) is 6.21. The largest absolute Gasteiger partial charge is 0.487 e. The number of allylic oxidation sites excluding steroid dienone is 1. The molecule has 0 bridgehead atoms. The fraction of sp³-hybridized carbons (Fsp3) is 0.300. The van der Waals surface area contributed by atoms with E-state index in [0.29, 0.717) is 28.1 Å². The summed E-state index contributed by atoms with van der Waals surface area (Å²) in [4.78, 5) is 4.38. The minimum absolute atomic E-state index is 0.289. The van der Waals surface area contributed by atoms with Gasteiger partial charge in [-0.1, -0.05) is 24.3 Å². The van der Waals surface area contributed by atoms with E-state index >= 15 is 0 Å². The fourth-order valence-corrected chi connectivity index (χ4v) is 2.39. The van der Waals surface area contributed by atoms with Crippen LogP contribution in [-0.4, -0.2) is 28.8 Å². The van der Waals surface area contributed by atoms with E-state index in [0.717, 1.165) is 0 Å². The average Bonchev–Trinajstić information content (AvgIpc) is 2.57. The molecule has 1 aromatic carbocycles. The molecule has 0 spiro atoms. The lowest BCUT2D eigenvalue weighted by Gasteiger charge is -2.18. The number of aliphatic hydroxyl groups is 1. The van der Waals surface area contributed by atoms with Crippen LogP contribution in [0.15, 0.2) is 48.7 Å². The van der Waals surface area contributed by atoms with Crippen LogP contribution in [-0.2, 0) is 5.60 Å². The van der Waals surface area contributed by atoms with E-state index in [1.54, 1.807) is 69.4 Å². The van der Waals surface area contributed by atoms with Crippen molar-refractivity contribution in [1.82, 2.24) is 4.98 Å². The number of nitrogens with zero attached hydrogens (tertiary/aromatic N) is 1. The summed E-state index contributed by atoms with van der Waals surface area (Å²) in [5.74, 6) is 0.300. The molecule has 1 aromatic heterocycles. The number of benzene rings is 1. The van der Waals surface area contributed by atoms with Crippen LogP contribution < -0.4 is 4.74 Å². The Morgan fingerprint density at radius 1 is 1.27 bits per heavy atom. The maximum absolute atomic E-state index is 12.5. The maximum atomic E-state index is 12.5. The Balaban J connectivity index is 2.49. The standard InChI is InChI=1S/C20H22F2N2O2/c1-13(23)10-16(17-9-8-14(11-24-17)20(2,3)25)15-6-4-5-7-18(15)26-12-19(21)22/h4-11,19,23,25H,12H2,1-3H3/b16-10+,23-13?. The molecule has 6 heteroatoms. The molecule has 0 unspecified atom stereocenters. The molecular formula is C20H22F2N2O2. The van der Waals surface area contributed by atoms with Crippen LogP contribution in [0.2, 0.25) is 0 Å². The number of alkyl halides is 2. The molecule has 0 radical (unpaired) electrons. The first-order valence-electron chi connectivity index (χ1n) is 8.15. The molecule has 0 fully saturated rings. The molecule has 0 aliphatic carbocycles. The quantitative estimate of drug-likeness (QED) is 0.718. The van der Waals surface area contributed by atoms with Gasteiger partial charge in [-0.05, 0) is 39.0 Å². The van der Waals surface area contributed by atoms with Gasteiger partial charge in [0, 0.05) is 28.6 Å². The molecule has 2 N–H and O–H groups in total. The highest BCUT2D eigenvalue weighted by atomic mass is 19.3. The van der Waals surface area contributed by atoms with Gasteiger partial charge in [-0.3, -0.25) is 4.98 Å². The summed E-state index contributed by atoms with van der Waals surface area (Å²) in [6, 6.07) is 10.3. The zero-order valence-corrected chi connectivity index (χ0v) is 15.0. The topological polar surface area (TPSA) is 66.2 Å². The van der Waals surface area contributed by atoms with Crippen molar-refractivity contribution in [3.63, 3.8) is 0 Å². The highest BCUT2D eigenvalue weighted by Gasteiger charge is 2.18. The lowest BCUT2D eigenvalue weighted by molar-refractivity contribution is 0.0782. The summed E-state index contributed by atoms with van der Waals surface area (Å²) in [5, 5.41) is 17.9. The molecular weight excluding hydrogens is 338 g/mol. The molecule has 0 aliphatic heterocycles. The molecule has 2 rings (SSSR count). The van der Waals surface area contributed by atoms with Gasteiger partial charge < -0.3 is 15.3 Å². The monoisotopic (exact) mass is 360 g/mol. The highest BCUT2D eigenvalue weighted by Crippen LogP contribution is 2.31. The minimum atomic E-state index is -2.58. The molecule has 0 aliphatic rings. The molecule has 1 heterocycles. The molecule has 26 heavy (non-hydrogen) atoms. The summed E-state index contributed by atoms with van der Waals surface area (Å²) in [6.07, 6.45) is 0.589. The van der Waals surface area contributed by atoms with Gasteiger partial charge in [-0.25, -0.2) is 8.78 Å². The molecule has 4 nitrogen and oxygen atoms in total. The number of pyridine rings is 1. The molecule has 138 valence electrons. The number of para-hydroxylation sites is 1. The zero-order chi connectivity index (χ0) is 19.3. The number of ether oxygens (including phenoxy) is 1. The Bertz CT molecular complexity index is 794. The lowest BCUT2D eigenvalue weighted by Crippen LogP contribution is -2.15. The Hall–Kier alpha value is -2.60. The van der Waals surface area contributed by atoms with E-state index in [2.05, 4.69) is 4.98 Å². The number of hydrogen-bond donors (Lipinski definition) is 2. The third kappa shape index (κ3) is 5.20. The van der Waals surface area contributed by atoms with Gasteiger partial charge in [-0.2, -0.15) is 0 Å². The van der Waals surface area contributed by atoms with Gasteiger partial charge >= 0.3 is 0 Å². The van der Waals surface area contributed by atoms with Crippen LogP contribution in [0.3, 0.4) is 0 Å². The first-order chi connectivity index (χ1) is 12.2.